The van der Waals surface area contributed by atoms with E-state index in [0.717, 1.165) is 0 Å². The Hall–Kier alpha value is -0.326. The molecule has 1 heteroatoms. The van der Waals surface area contributed by atoms with Gasteiger partial charge in [-0.15, -0.1) is 13.8 Å². The van der Waals surface area contributed by atoms with E-state index >= 15 is 0 Å². The second-order valence-electron chi connectivity index (χ2n) is 7.25. The third-order valence-corrected chi connectivity index (χ3v) is 5.12. The molecule has 0 nitrogen and oxygen atoms in total. The zero-order chi connectivity index (χ0) is 15.9. The summed E-state index contributed by atoms with van der Waals surface area (Å²) in [6.45, 7) is 21.8. The molecule has 2 aliphatic carbocycles. The van der Waals surface area contributed by atoms with Crippen LogP contribution in [0.3, 0.4) is 0 Å². The second kappa shape index (κ2) is 6.84. The van der Waals surface area contributed by atoms with Gasteiger partial charge in [0.05, 0.1) is 0 Å². The molecule has 0 aliphatic heterocycles. The van der Waals surface area contributed by atoms with Crippen molar-refractivity contribution in [2.24, 2.45) is 10.8 Å². The molecule has 0 aromatic rings. The van der Waals surface area contributed by atoms with Crippen LogP contribution in [0.4, 0.5) is 0 Å². The van der Waals surface area contributed by atoms with E-state index in [4.69, 9.17) is 0 Å². The summed E-state index contributed by atoms with van der Waals surface area (Å²) in [4.78, 5) is 0. The largest absolute Gasteiger partial charge is 4.00 e. The summed E-state index contributed by atoms with van der Waals surface area (Å²) < 4.78 is 0. The van der Waals surface area contributed by atoms with Gasteiger partial charge >= 0.3 is 21.7 Å². The van der Waals surface area contributed by atoms with E-state index in [9.17, 15) is 0 Å². The summed E-state index contributed by atoms with van der Waals surface area (Å²) in [7, 11) is 0. The molecule has 0 heterocycles. The molecule has 0 bridgehead atoms. The Kier molecular flexibility index (Phi) is 6.73. The van der Waals surface area contributed by atoms with Crippen LogP contribution in [0.5, 0.6) is 0 Å². The first-order chi connectivity index (χ1) is 8.90. The number of rotatable bonds is 0. The molecule has 0 unspecified atom stereocenters. The van der Waals surface area contributed by atoms with E-state index in [0.29, 0.717) is 0 Å². The van der Waals surface area contributed by atoms with Crippen molar-refractivity contribution in [3.8, 4) is 0 Å². The summed E-state index contributed by atoms with van der Waals surface area (Å²) >= 11 is 0. The molecule has 0 saturated carbocycles. The van der Waals surface area contributed by atoms with E-state index in [1.54, 1.807) is 0 Å². The minimum atomic E-state index is 0. The number of allylic oxidation sites excluding steroid dienone is 8. The van der Waals surface area contributed by atoms with Crippen LogP contribution in [-0.4, -0.2) is 0 Å². The van der Waals surface area contributed by atoms with Crippen molar-refractivity contribution in [2.75, 3.05) is 0 Å². The monoisotopic (exact) mass is 320 g/mol. The average Bonchev–Trinajstić information content (AvgIpc) is 2.60. The molecule has 116 valence electrons. The fraction of sp³-hybridized carbons (Fsp3) is 0.600. The van der Waals surface area contributed by atoms with Crippen LogP contribution in [0.2, 0.25) is 0 Å². The van der Waals surface area contributed by atoms with Gasteiger partial charge in [-0.05, 0) is 0 Å². The second-order valence-corrected chi connectivity index (χ2v) is 7.25. The minimum Gasteiger partial charge on any atom is -1.00 e. The Morgan fingerprint density at radius 3 is 0.905 bits per heavy atom. The van der Waals surface area contributed by atoms with Gasteiger partial charge in [-0.2, -0.15) is 22.3 Å². The SMILES string of the molecule is CC1=[C-]C(C)(C)C(C)=C1C.CC1=[C-]C(C)(C)C(C)=C1C.[H-].[H-].[Ti+4]. The van der Waals surface area contributed by atoms with Crippen LogP contribution in [0.15, 0.2) is 33.4 Å². The predicted octanol–water partition coefficient (Wildman–Crippen LogP) is 6.45. The molecule has 0 N–H and O–H groups in total. The molecular weight excluding hydrogens is 288 g/mol. The van der Waals surface area contributed by atoms with Crippen LogP contribution in [0.25, 0.3) is 0 Å². The number of hydrogen-bond donors (Lipinski definition) is 0. The van der Waals surface area contributed by atoms with Crippen LogP contribution in [-0.2, 0) is 21.7 Å². The molecule has 0 fully saturated rings. The molecule has 0 spiro atoms. The van der Waals surface area contributed by atoms with Crippen molar-refractivity contribution in [2.45, 2.75) is 69.2 Å². The predicted molar refractivity (Wildman–Crippen MR) is 91.4 cm³/mol. The van der Waals surface area contributed by atoms with Gasteiger partial charge in [0.2, 0.25) is 0 Å². The quantitative estimate of drug-likeness (QED) is 0.355. The van der Waals surface area contributed by atoms with Crippen molar-refractivity contribution in [1.82, 2.24) is 0 Å². The summed E-state index contributed by atoms with van der Waals surface area (Å²) in [5, 5.41) is 0. The molecule has 0 saturated heterocycles. The van der Waals surface area contributed by atoms with Crippen molar-refractivity contribution < 1.29 is 24.6 Å². The smallest absolute Gasteiger partial charge is 1.00 e. The van der Waals surface area contributed by atoms with E-state index < -0.39 is 0 Å². The Bertz CT molecular complexity index is 494. The minimum absolute atomic E-state index is 0. The fourth-order valence-corrected chi connectivity index (χ4v) is 2.81. The molecule has 0 amide bonds. The molecular formula is C20H32Ti. The average molecular weight is 320 g/mol. The Morgan fingerprint density at radius 1 is 0.619 bits per heavy atom. The number of hydrogen-bond acceptors (Lipinski definition) is 0. The van der Waals surface area contributed by atoms with Crippen LogP contribution < -0.4 is 0 Å². The van der Waals surface area contributed by atoms with Crippen molar-refractivity contribution >= 4 is 0 Å². The van der Waals surface area contributed by atoms with Gasteiger partial charge in [0.25, 0.3) is 0 Å². The van der Waals surface area contributed by atoms with E-state index in [-0.39, 0.29) is 35.4 Å². The summed E-state index contributed by atoms with van der Waals surface area (Å²) in [6.07, 6.45) is 6.87. The van der Waals surface area contributed by atoms with Crippen molar-refractivity contribution in [1.29, 1.82) is 0 Å². The third kappa shape index (κ3) is 4.33. The summed E-state index contributed by atoms with van der Waals surface area (Å²) in [5.41, 5.74) is 8.79. The van der Waals surface area contributed by atoms with Crippen molar-refractivity contribution in [3.05, 3.63) is 45.6 Å². The van der Waals surface area contributed by atoms with Gasteiger partial charge in [-0.25, -0.2) is 11.1 Å². The fourth-order valence-electron chi connectivity index (χ4n) is 2.81. The van der Waals surface area contributed by atoms with Gasteiger partial charge in [-0.3, -0.25) is 12.2 Å². The van der Waals surface area contributed by atoms with Gasteiger partial charge in [-0.1, -0.05) is 66.2 Å². The Morgan fingerprint density at radius 2 is 0.857 bits per heavy atom. The maximum absolute atomic E-state index is 3.44. The zero-order valence-electron chi connectivity index (χ0n) is 17.5. The van der Waals surface area contributed by atoms with Gasteiger partial charge < -0.3 is 2.85 Å². The summed E-state index contributed by atoms with van der Waals surface area (Å²) in [6, 6.07) is 0. The van der Waals surface area contributed by atoms with E-state index in [1.165, 1.54) is 33.4 Å². The maximum Gasteiger partial charge on any atom is 4.00 e. The van der Waals surface area contributed by atoms with Crippen LogP contribution in [0.1, 0.15) is 72.1 Å². The van der Waals surface area contributed by atoms with Gasteiger partial charge in [0.1, 0.15) is 0 Å². The van der Waals surface area contributed by atoms with Crippen molar-refractivity contribution in [3.63, 3.8) is 0 Å². The Labute approximate surface area is 150 Å². The maximum atomic E-state index is 3.44. The zero-order valence-corrected chi connectivity index (χ0v) is 17.1. The van der Waals surface area contributed by atoms with E-state index in [1.807, 2.05) is 0 Å². The topological polar surface area (TPSA) is 0 Å². The molecule has 0 aromatic carbocycles. The normalized spacial score (nSPS) is 22.4. The molecule has 2 rings (SSSR count). The standard InChI is InChI=1S/2C10H15.Ti.2H/c2*1-7-6-10(4,5)9(3)8(7)2;;;/h2*1-5H3;;;/q2*-1;+4;2*-1. The molecule has 21 heavy (non-hydrogen) atoms. The van der Waals surface area contributed by atoms with Gasteiger partial charge in [0, 0.05) is 0 Å². The Balaban J connectivity index is -0.000000308. The molecule has 0 atom stereocenters. The first-order valence-electron chi connectivity index (χ1n) is 7.50. The third-order valence-electron chi connectivity index (χ3n) is 5.12. The van der Waals surface area contributed by atoms with Crippen LogP contribution >= 0.6 is 0 Å². The van der Waals surface area contributed by atoms with Crippen LogP contribution in [0, 0.1) is 23.0 Å². The molecule has 2 aliphatic rings. The first-order valence-corrected chi connectivity index (χ1v) is 7.50. The van der Waals surface area contributed by atoms with Gasteiger partial charge in [0.15, 0.2) is 0 Å². The first kappa shape index (κ1) is 20.7. The summed E-state index contributed by atoms with van der Waals surface area (Å²) in [5.74, 6) is 0. The molecule has 0 aromatic heterocycles. The molecule has 0 radical (unpaired) electrons. The van der Waals surface area contributed by atoms with E-state index in [2.05, 4.69) is 81.4 Å².